The van der Waals surface area contributed by atoms with E-state index in [2.05, 4.69) is 22.3 Å². The zero-order valence-electron chi connectivity index (χ0n) is 17.6. The second kappa shape index (κ2) is 10.1. The van der Waals surface area contributed by atoms with Crippen LogP contribution in [0.5, 0.6) is 11.5 Å². The molecule has 0 aromatic heterocycles. The highest BCUT2D eigenvalue weighted by atomic mass is 16.5. The molecule has 2 aromatic carbocycles. The lowest BCUT2D eigenvalue weighted by Gasteiger charge is -2.32. The van der Waals surface area contributed by atoms with Gasteiger partial charge in [0.05, 0.1) is 38.5 Å². The lowest BCUT2D eigenvalue weighted by atomic mass is 9.96. The second-order valence-corrected chi connectivity index (χ2v) is 7.29. The Balaban J connectivity index is 1.75. The highest BCUT2D eigenvalue weighted by Gasteiger charge is 2.27. The van der Waals surface area contributed by atoms with Crippen molar-refractivity contribution in [1.29, 1.82) is 0 Å². The molecule has 0 spiro atoms. The number of ether oxygens (including phenoxy) is 3. The molecule has 7 heteroatoms. The summed E-state index contributed by atoms with van der Waals surface area (Å²) in [5, 5.41) is 2.90. The number of hydrogen-bond donors (Lipinski definition) is 1. The average Bonchev–Trinajstić information content (AvgIpc) is 2.79. The second-order valence-electron chi connectivity index (χ2n) is 7.29. The number of nitrogens with one attached hydrogen (secondary N) is 1. The van der Waals surface area contributed by atoms with Crippen LogP contribution in [0.2, 0.25) is 0 Å². The van der Waals surface area contributed by atoms with Gasteiger partial charge in [-0.2, -0.15) is 0 Å². The molecule has 1 N–H and O–H groups in total. The van der Waals surface area contributed by atoms with Crippen molar-refractivity contribution in [3.8, 4) is 11.5 Å². The van der Waals surface area contributed by atoms with Crippen LogP contribution < -0.4 is 14.8 Å². The van der Waals surface area contributed by atoms with E-state index in [0.29, 0.717) is 23.7 Å². The molecular weight excluding hydrogens is 384 g/mol. The Kier molecular flexibility index (Phi) is 7.30. The van der Waals surface area contributed by atoms with Gasteiger partial charge in [-0.25, -0.2) is 4.79 Å². The van der Waals surface area contributed by atoms with E-state index in [0.717, 1.165) is 25.9 Å². The fourth-order valence-electron chi connectivity index (χ4n) is 3.75. The molecule has 1 saturated heterocycles. The number of amides is 1. The lowest BCUT2D eigenvalue weighted by Crippen LogP contribution is -2.40. The molecule has 1 heterocycles. The van der Waals surface area contributed by atoms with E-state index >= 15 is 0 Å². The molecule has 2 aromatic rings. The van der Waals surface area contributed by atoms with E-state index in [1.807, 2.05) is 18.2 Å². The third-order valence-electron chi connectivity index (χ3n) is 5.31. The molecule has 0 aliphatic carbocycles. The largest absolute Gasteiger partial charge is 0.493 e. The van der Waals surface area contributed by atoms with Crippen LogP contribution >= 0.6 is 0 Å². The highest BCUT2D eigenvalue weighted by molar-refractivity contribution is 6.02. The van der Waals surface area contributed by atoms with Crippen molar-refractivity contribution in [3.05, 3.63) is 53.6 Å². The van der Waals surface area contributed by atoms with Crippen LogP contribution in [0.15, 0.2) is 42.5 Å². The van der Waals surface area contributed by atoms with Gasteiger partial charge in [-0.1, -0.05) is 30.3 Å². The average molecular weight is 412 g/mol. The molecule has 0 saturated carbocycles. The van der Waals surface area contributed by atoms with Gasteiger partial charge in [0.25, 0.3) is 0 Å². The minimum Gasteiger partial charge on any atom is -0.493 e. The fourth-order valence-corrected chi connectivity index (χ4v) is 3.75. The van der Waals surface area contributed by atoms with Crippen LogP contribution in [0.25, 0.3) is 0 Å². The molecule has 1 amide bonds. The molecule has 1 unspecified atom stereocenters. The first-order chi connectivity index (χ1) is 14.5. The summed E-state index contributed by atoms with van der Waals surface area (Å²) in [6.45, 7) is 2.44. The molecule has 0 radical (unpaired) electrons. The lowest BCUT2D eigenvalue weighted by molar-refractivity contribution is -0.121. The van der Waals surface area contributed by atoms with Gasteiger partial charge in [-0.15, -0.1) is 0 Å². The van der Waals surface area contributed by atoms with Gasteiger partial charge in [-0.05, 0) is 24.9 Å². The van der Waals surface area contributed by atoms with E-state index in [9.17, 15) is 9.59 Å². The number of esters is 1. The Bertz CT molecular complexity index is 885. The summed E-state index contributed by atoms with van der Waals surface area (Å²) in [6.07, 6.45) is 1.75. The Labute approximate surface area is 176 Å². The summed E-state index contributed by atoms with van der Waals surface area (Å²) in [4.78, 5) is 27.5. The van der Waals surface area contributed by atoms with Gasteiger partial charge in [0.2, 0.25) is 5.91 Å². The number of carbonyl (C=O) groups excluding carboxylic acids is 2. The first-order valence-electron chi connectivity index (χ1n) is 9.97. The van der Waals surface area contributed by atoms with E-state index in [1.165, 1.54) is 33.0 Å². The molecule has 1 aliphatic heterocycles. The number of hydrogen-bond acceptors (Lipinski definition) is 6. The predicted molar refractivity (Wildman–Crippen MR) is 114 cm³/mol. The first kappa shape index (κ1) is 21.6. The molecule has 0 bridgehead atoms. The maximum Gasteiger partial charge on any atom is 0.340 e. The molecule has 30 heavy (non-hydrogen) atoms. The first-order valence-corrected chi connectivity index (χ1v) is 9.97. The maximum absolute atomic E-state index is 13.0. The fraction of sp³-hybridized carbons (Fsp3) is 0.391. The van der Waals surface area contributed by atoms with Crippen molar-refractivity contribution in [2.75, 3.05) is 39.7 Å². The SMILES string of the molecule is COC(=O)c1cc(OC)c(OC)cc1NC(=O)C1CCCN(Cc2ccccc2)C1. The van der Waals surface area contributed by atoms with Crippen molar-refractivity contribution in [2.45, 2.75) is 19.4 Å². The number of piperidine rings is 1. The van der Waals surface area contributed by atoms with Gasteiger partial charge >= 0.3 is 5.97 Å². The van der Waals surface area contributed by atoms with E-state index < -0.39 is 5.97 Å². The van der Waals surface area contributed by atoms with Crippen LogP contribution in [0.1, 0.15) is 28.8 Å². The zero-order chi connectivity index (χ0) is 21.5. The number of benzene rings is 2. The van der Waals surface area contributed by atoms with E-state index in [4.69, 9.17) is 14.2 Å². The topological polar surface area (TPSA) is 77.1 Å². The maximum atomic E-state index is 13.0. The molecule has 160 valence electrons. The van der Waals surface area contributed by atoms with Gasteiger partial charge in [0, 0.05) is 25.2 Å². The summed E-state index contributed by atoms with van der Waals surface area (Å²) < 4.78 is 15.5. The zero-order valence-corrected chi connectivity index (χ0v) is 17.6. The minimum absolute atomic E-state index is 0.120. The van der Waals surface area contributed by atoms with E-state index in [-0.39, 0.29) is 17.4 Å². The van der Waals surface area contributed by atoms with Gasteiger partial charge in [-0.3, -0.25) is 9.69 Å². The molecule has 3 rings (SSSR count). The van der Waals surface area contributed by atoms with Gasteiger partial charge in [0.15, 0.2) is 11.5 Å². The Hall–Kier alpha value is -3.06. The summed E-state index contributed by atoms with van der Waals surface area (Å²) in [5.74, 6) is -0.0239. The standard InChI is InChI=1S/C23H28N2O5/c1-28-20-12-18(23(27)30-3)19(13-21(20)29-2)24-22(26)17-10-7-11-25(15-17)14-16-8-5-4-6-9-16/h4-6,8-9,12-13,17H,7,10-11,14-15H2,1-3H3,(H,24,26). The van der Waals surface area contributed by atoms with E-state index in [1.54, 1.807) is 6.07 Å². The number of likely N-dealkylation sites (tertiary alicyclic amines) is 1. The van der Waals surface area contributed by atoms with Crippen molar-refractivity contribution in [1.82, 2.24) is 4.90 Å². The van der Waals surface area contributed by atoms with Crippen molar-refractivity contribution >= 4 is 17.6 Å². The van der Waals surface area contributed by atoms with Gasteiger partial charge < -0.3 is 19.5 Å². The van der Waals surface area contributed by atoms with Gasteiger partial charge in [0.1, 0.15) is 0 Å². The summed E-state index contributed by atoms with van der Waals surface area (Å²) in [5.41, 5.74) is 1.80. The number of methoxy groups -OCH3 is 3. The smallest absolute Gasteiger partial charge is 0.340 e. The Morgan fingerprint density at radius 2 is 1.77 bits per heavy atom. The van der Waals surface area contributed by atoms with Crippen LogP contribution in [0.4, 0.5) is 5.69 Å². The molecular formula is C23H28N2O5. The predicted octanol–water partition coefficient (Wildman–Crippen LogP) is 3.34. The van der Waals surface area contributed by atoms with Crippen LogP contribution in [0.3, 0.4) is 0 Å². The molecule has 1 aliphatic rings. The number of carbonyl (C=O) groups is 2. The van der Waals surface area contributed by atoms with Crippen LogP contribution in [-0.2, 0) is 16.1 Å². The molecule has 1 fully saturated rings. The monoisotopic (exact) mass is 412 g/mol. The van der Waals surface area contributed by atoms with Crippen molar-refractivity contribution in [3.63, 3.8) is 0 Å². The summed E-state index contributed by atoms with van der Waals surface area (Å²) >= 11 is 0. The van der Waals surface area contributed by atoms with Crippen molar-refractivity contribution < 1.29 is 23.8 Å². The van der Waals surface area contributed by atoms with Crippen LogP contribution in [0, 0.1) is 5.92 Å². The third-order valence-corrected chi connectivity index (χ3v) is 5.31. The molecule has 7 nitrogen and oxygen atoms in total. The minimum atomic E-state index is -0.555. The number of rotatable bonds is 7. The molecule has 1 atom stereocenters. The Morgan fingerprint density at radius 3 is 2.43 bits per heavy atom. The van der Waals surface area contributed by atoms with Crippen molar-refractivity contribution in [2.24, 2.45) is 5.92 Å². The normalized spacial score (nSPS) is 16.6. The third kappa shape index (κ3) is 5.10. The summed E-state index contributed by atoms with van der Waals surface area (Å²) in [7, 11) is 4.29. The Morgan fingerprint density at radius 1 is 1.07 bits per heavy atom. The van der Waals surface area contributed by atoms with Crippen LogP contribution in [-0.4, -0.2) is 51.2 Å². The number of nitrogens with zero attached hydrogens (tertiary/aromatic N) is 1. The highest BCUT2D eigenvalue weighted by Crippen LogP contribution is 2.34. The summed E-state index contributed by atoms with van der Waals surface area (Å²) in [6, 6.07) is 13.3. The number of anilines is 1. The quantitative estimate of drug-likeness (QED) is 0.703.